The van der Waals surface area contributed by atoms with Gasteiger partial charge in [-0.2, -0.15) is 0 Å². The summed E-state index contributed by atoms with van der Waals surface area (Å²) in [6.45, 7) is 0. The maximum absolute atomic E-state index is 12.4. The molecular formula is C15H16N2O4. The average molecular weight is 288 g/mol. The zero-order valence-corrected chi connectivity index (χ0v) is 12.0. The van der Waals surface area contributed by atoms with Gasteiger partial charge in [0, 0.05) is 25.9 Å². The van der Waals surface area contributed by atoms with Crippen molar-refractivity contribution in [2.24, 2.45) is 0 Å². The largest absolute Gasteiger partial charge is 0.507 e. The first kappa shape index (κ1) is 14.6. The molecule has 0 aliphatic heterocycles. The predicted octanol–water partition coefficient (Wildman–Crippen LogP) is 1.66. The zero-order valence-electron chi connectivity index (χ0n) is 12.0. The Bertz CT molecular complexity index is 689. The van der Waals surface area contributed by atoms with Crippen LogP contribution in [0.25, 0.3) is 0 Å². The van der Waals surface area contributed by atoms with Crippen molar-refractivity contribution in [1.82, 2.24) is 9.88 Å². The Labute approximate surface area is 122 Å². The molecule has 1 aromatic heterocycles. The van der Waals surface area contributed by atoms with Gasteiger partial charge in [-0.05, 0) is 24.3 Å². The molecular weight excluding hydrogens is 272 g/mol. The summed E-state index contributed by atoms with van der Waals surface area (Å²) in [5.74, 6) is -0.289. The van der Waals surface area contributed by atoms with Crippen LogP contribution in [0, 0.1) is 0 Å². The molecule has 0 fully saturated rings. The molecule has 2 N–H and O–H groups in total. The van der Waals surface area contributed by atoms with Crippen LogP contribution in [0.2, 0.25) is 0 Å². The van der Waals surface area contributed by atoms with Crippen LogP contribution in [-0.2, 0) is 0 Å². The molecule has 0 bridgehead atoms. The minimum atomic E-state index is -0.388. The summed E-state index contributed by atoms with van der Waals surface area (Å²) in [7, 11) is 4.72. The third kappa shape index (κ3) is 2.89. The van der Waals surface area contributed by atoms with E-state index in [0.717, 1.165) is 0 Å². The normalized spacial score (nSPS) is 10.2. The molecule has 1 aromatic carbocycles. The van der Waals surface area contributed by atoms with Gasteiger partial charge < -0.3 is 19.7 Å². The molecule has 1 amide bonds. The van der Waals surface area contributed by atoms with Crippen molar-refractivity contribution in [1.29, 1.82) is 0 Å². The van der Waals surface area contributed by atoms with Crippen molar-refractivity contribution in [2.45, 2.75) is 0 Å². The second kappa shape index (κ2) is 5.70. The maximum Gasteiger partial charge on any atom is 0.269 e. The van der Waals surface area contributed by atoms with Crippen molar-refractivity contribution in [3.05, 3.63) is 47.3 Å². The summed E-state index contributed by atoms with van der Waals surface area (Å²) in [6, 6.07) is 5.87. The van der Waals surface area contributed by atoms with E-state index in [4.69, 9.17) is 4.74 Å². The highest BCUT2D eigenvalue weighted by Crippen LogP contribution is 2.25. The number of carbonyl (C=O) groups excluding carboxylic acids is 2. The number of ketones is 1. The number of benzene rings is 1. The van der Waals surface area contributed by atoms with Gasteiger partial charge in [-0.15, -0.1) is 0 Å². The Morgan fingerprint density at radius 2 is 1.95 bits per heavy atom. The Balaban J connectivity index is 2.35. The number of aromatic nitrogens is 1. The number of methoxy groups -OCH3 is 1. The molecule has 0 aliphatic rings. The number of H-pyrrole nitrogens is 1. The van der Waals surface area contributed by atoms with Gasteiger partial charge in [-0.25, -0.2) is 0 Å². The van der Waals surface area contributed by atoms with E-state index in [9.17, 15) is 14.7 Å². The van der Waals surface area contributed by atoms with Gasteiger partial charge in [0.25, 0.3) is 5.91 Å². The minimum Gasteiger partial charge on any atom is -0.507 e. The lowest BCUT2D eigenvalue weighted by molar-refractivity contribution is 0.0822. The summed E-state index contributed by atoms with van der Waals surface area (Å²) in [6.07, 6.45) is 1.44. The van der Waals surface area contributed by atoms with E-state index >= 15 is 0 Å². The number of ether oxygens (including phenoxy) is 1. The summed E-state index contributed by atoms with van der Waals surface area (Å²) >= 11 is 0. The molecule has 0 saturated carbocycles. The van der Waals surface area contributed by atoms with E-state index in [1.54, 1.807) is 20.2 Å². The number of aromatic amines is 1. The molecule has 6 nitrogen and oxygen atoms in total. The van der Waals surface area contributed by atoms with E-state index in [2.05, 4.69) is 4.98 Å². The van der Waals surface area contributed by atoms with Crippen LogP contribution >= 0.6 is 0 Å². The van der Waals surface area contributed by atoms with Gasteiger partial charge in [0.1, 0.15) is 17.2 Å². The van der Waals surface area contributed by atoms with Crippen LogP contribution in [0.5, 0.6) is 11.5 Å². The van der Waals surface area contributed by atoms with Gasteiger partial charge in [0.15, 0.2) is 5.78 Å². The molecule has 21 heavy (non-hydrogen) atoms. The fourth-order valence-corrected chi connectivity index (χ4v) is 1.87. The fraction of sp³-hybridized carbons (Fsp3) is 0.200. The monoisotopic (exact) mass is 288 g/mol. The molecule has 2 rings (SSSR count). The van der Waals surface area contributed by atoms with E-state index in [1.165, 1.54) is 36.4 Å². The molecule has 0 atom stereocenters. The number of nitrogens with zero attached hydrogens (tertiary/aromatic N) is 1. The number of phenols is 1. The molecule has 2 aromatic rings. The van der Waals surface area contributed by atoms with E-state index in [1.807, 2.05) is 0 Å². The SMILES string of the molecule is COc1ccc(O)c(C(=O)c2c[nH]c(C(=O)N(C)C)c2)c1. The fourth-order valence-electron chi connectivity index (χ4n) is 1.87. The Morgan fingerprint density at radius 1 is 1.24 bits per heavy atom. The van der Waals surface area contributed by atoms with Crippen molar-refractivity contribution >= 4 is 11.7 Å². The van der Waals surface area contributed by atoms with Crippen LogP contribution in [0.3, 0.4) is 0 Å². The molecule has 0 aliphatic carbocycles. The van der Waals surface area contributed by atoms with Crippen molar-refractivity contribution in [3.63, 3.8) is 0 Å². The smallest absolute Gasteiger partial charge is 0.269 e. The second-order valence-corrected chi connectivity index (χ2v) is 4.71. The van der Waals surface area contributed by atoms with Crippen LogP contribution in [-0.4, -0.2) is 47.9 Å². The number of nitrogens with one attached hydrogen (secondary N) is 1. The summed E-state index contributed by atoms with van der Waals surface area (Å²) < 4.78 is 5.04. The van der Waals surface area contributed by atoms with Gasteiger partial charge >= 0.3 is 0 Å². The predicted molar refractivity (Wildman–Crippen MR) is 76.9 cm³/mol. The highest BCUT2D eigenvalue weighted by atomic mass is 16.5. The molecule has 110 valence electrons. The second-order valence-electron chi connectivity index (χ2n) is 4.71. The number of amides is 1. The van der Waals surface area contributed by atoms with Gasteiger partial charge in [0.05, 0.1) is 12.7 Å². The topological polar surface area (TPSA) is 82.6 Å². The first-order valence-corrected chi connectivity index (χ1v) is 6.25. The molecule has 1 heterocycles. The standard InChI is InChI=1S/C15H16N2O4/c1-17(2)15(20)12-6-9(8-16-12)14(19)11-7-10(21-3)4-5-13(11)18/h4-8,16,18H,1-3H3. The number of hydrogen-bond donors (Lipinski definition) is 2. The minimum absolute atomic E-state index is 0.122. The number of carbonyl (C=O) groups is 2. The summed E-state index contributed by atoms with van der Waals surface area (Å²) in [4.78, 5) is 28.3. The van der Waals surface area contributed by atoms with Gasteiger partial charge in [-0.1, -0.05) is 0 Å². The van der Waals surface area contributed by atoms with Crippen molar-refractivity contribution in [2.75, 3.05) is 21.2 Å². The Kier molecular flexibility index (Phi) is 3.98. The summed E-state index contributed by atoms with van der Waals surface area (Å²) in [5.41, 5.74) is 0.728. The van der Waals surface area contributed by atoms with Crippen LogP contribution in [0.15, 0.2) is 30.5 Å². The number of rotatable bonds is 4. The number of hydrogen-bond acceptors (Lipinski definition) is 4. The number of phenolic OH excluding ortho intramolecular Hbond substituents is 1. The maximum atomic E-state index is 12.4. The van der Waals surface area contributed by atoms with E-state index in [0.29, 0.717) is 17.0 Å². The first-order valence-electron chi connectivity index (χ1n) is 6.25. The quantitative estimate of drug-likeness (QED) is 0.838. The lowest BCUT2D eigenvalue weighted by Crippen LogP contribution is -2.21. The first-order chi connectivity index (χ1) is 9.93. The molecule has 0 spiro atoms. The van der Waals surface area contributed by atoms with Crippen molar-refractivity contribution in [3.8, 4) is 11.5 Å². The van der Waals surface area contributed by atoms with Crippen LogP contribution in [0.4, 0.5) is 0 Å². The molecule has 6 heteroatoms. The van der Waals surface area contributed by atoms with Gasteiger partial charge in [0.2, 0.25) is 0 Å². The van der Waals surface area contributed by atoms with Crippen LogP contribution in [0.1, 0.15) is 26.4 Å². The number of aromatic hydroxyl groups is 1. The van der Waals surface area contributed by atoms with Crippen LogP contribution < -0.4 is 4.74 Å². The third-order valence-electron chi connectivity index (χ3n) is 3.03. The van der Waals surface area contributed by atoms with Gasteiger partial charge in [-0.3, -0.25) is 9.59 Å². The zero-order chi connectivity index (χ0) is 15.6. The Morgan fingerprint density at radius 3 is 2.57 bits per heavy atom. The lowest BCUT2D eigenvalue weighted by Gasteiger charge is -2.07. The molecule has 0 radical (unpaired) electrons. The van der Waals surface area contributed by atoms with E-state index in [-0.39, 0.29) is 23.0 Å². The highest BCUT2D eigenvalue weighted by Gasteiger charge is 2.18. The highest BCUT2D eigenvalue weighted by molar-refractivity contribution is 6.11. The lowest BCUT2D eigenvalue weighted by atomic mass is 10.0. The average Bonchev–Trinajstić information content (AvgIpc) is 2.95. The third-order valence-corrected chi connectivity index (χ3v) is 3.03. The van der Waals surface area contributed by atoms with Crippen molar-refractivity contribution < 1.29 is 19.4 Å². The molecule has 0 unspecified atom stereocenters. The summed E-state index contributed by atoms with van der Waals surface area (Å²) in [5, 5.41) is 9.80. The molecule has 0 saturated heterocycles. The Hall–Kier alpha value is -2.76. The van der Waals surface area contributed by atoms with E-state index < -0.39 is 0 Å².